The maximum absolute atomic E-state index is 11.2. The molecular formula is C13H12N2O3. The average molecular weight is 244 g/mol. The molecule has 1 unspecified atom stereocenters. The number of benzene rings is 1. The lowest BCUT2D eigenvalue weighted by Gasteiger charge is -2.08. The topological polar surface area (TPSA) is 82.0 Å². The standard InChI is InChI=1S/C13H12N2O3/c1-7-4-9(6-18-7)12(16)8-2-3-10-11(5-8)15-13(17)14-10/h2-6,12,16H,1H3,(H2,14,15,17). The highest BCUT2D eigenvalue weighted by atomic mass is 16.3. The van der Waals surface area contributed by atoms with Crippen molar-refractivity contribution in [2.24, 2.45) is 0 Å². The predicted molar refractivity (Wildman–Crippen MR) is 66.4 cm³/mol. The maximum atomic E-state index is 11.2. The summed E-state index contributed by atoms with van der Waals surface area (Å²) in [6.45, 7) is 1.82. The fourth-order valence-corrected chi connectivity index (χ4v) is 2.02. The first-order valence-corrected chi connectivity index (χ1v) is 5.58. The van der Waals surface area contributed by atoms with Gasteiger partial charge in [0.25, 0.3) is 0 Å². The van der Waals surface area contributed by atoms with Gasteiger partial charge in [-0.2, -0.15) is 0 Å². The molecule has 0 fully saturated rings. The average Bonchev–Trinajstić information content (AvgIpc) is 2.92. The molecule has 92 valence electrons. The minimum absolute atomic E-state index is 0.254. The van der Waals surface area contributed by atoms with E-state index in [1.165, 1.54) is 6.26 Å². The summed E-state index contributed by atoms with van der Waals surface area (Å²) in [6.07, 6.45) is 0.773. The smallest absolute Gasteiger partial charge is 0.323 e. The van der Waals surface area contributed by atoms with Gasteiger partial charge in [0, 0.05) is 5.56 Å². The number of aromatic nitrogens is 2. The van der Waals surface area contributed by atoms with E-state index in [4.69, 9.17) is 4.42 Å². The normalized spacial score (nSPS) is 13.0. The van der Waals surface area contributed by atoms with E-state index in [9.17, 15) is 9.90 Å². The van der Waals surface area contributed by atoms with Crippen molar-refractivity contribution in [3.8, 4) is 0 Å². The Labute approximate surface area is 102 Å². The van der Waals surface area contributed by atoms with Gasteiger partial charge in [-0.25, -0.2) is 4.79 Å². The van der Waals surface area contributed by atoms with Crippen molar-refractivity contribution in [2.75, 3.05) is 0 Å². The van der Waals surface area contributed by atoms with Crippen LogP contribution in [0.2, 0.25) is 0 Å². The van der Waals surface area contributed by atoms with Crippen molar-refractivity contribution in [3.05, 3.63) is 57.9 Å². The van der Waals surface area contributed by atoms with Gasteiger partial charge in [0.2, 0.25) is 0 Å². The third-order valence-corrected chi connectivity index (χ3v) is 2.92. The molecule has 1 aromatic carbocycles. The minimum Gasteiger partial charge on any atom is -0.469 e. The number of rotatable bonds is 2. The number of hydrogen-bond donors (Lipinski definition) is 3. The van der Waals surface area contributed by atoms with Gasteiger partial charge in [0.05, 0.1) is 17.3 Å². The number of nitrogens with one attached hydrogen (secondary N) is 2. The van der Waals surface area contributed by atoms with Crippen molar-refractivity contribution in [3.63, 3.8) is 0 Å². The van der Waals surface area contributed by atoms with Crippen LogP contribution >= 0.6 is 0 Å². The number of aliphatic hydroxyl groups is 1. The first kappa shape index (κ1) is 10.9. The summed E-state index contributed by atoms with van der Waals surface area (Å²) in [5.41, 5.74) is 2.55. The molecule has 3 rings (SSSR count). The Kier molecular flexibility index (Phi) is 2.34. The highest BCUT2D eigenvalue weighted by Gasteiger charge is 2.13. The monoisotopic (exact) mass is 244 g/mol. The Hall–Kier alpha value is -2.27. The highest BCUT2D eigenvalue weighted by molar-refractivity contribution is 5.75. The van der Waals surface area contributed by atoms with E-state index in [0.29, 0.717) is 16.6 Å². The Morgan fingerprint density at radius 2 is 1.94 bits per heavy atom. The van der Waals surface area contributed by atoms with Crippen LogP contribution in [0, 0.1) is 6.92 Å². The molecule has 1 atom stereocenters. The zero-order valence-electron chi connectivity index (χ0n) is 9.73. The number of hydrogen-bond acceptors (Lipinski definition) is 3. The lowest BCUT2D eigenvalue weighted by molar-refractivity contribution is 0.219. The zero-order chi connectivity index (χ0) is 12.7. The summed E-state index contributed by atoms with van der Waals surface area (Å²) in [4.78, 5) is 16.5. The molecule has 0 radical (unpaired) electrons. The number of aryl methyl sites for hydroxylation is 1. The van der Waals surface area contributed by atoms with Gasteiger partial charge in [0.1, 0.15) is 11.9 Å². The summed E-state index contributed by atoms with van der Waals surface area (Å²) in [5, 5.41) is 10.2. The maximum Gasteiger partial charge on any atom is 0.323 e. The van der Waals surface area contributed by atoms with Gasteiger partial charge in [-0.1, -0.05) is 6.07 Å². The summed E-state index contributed by atoms with van der Waals surface area (Å²) in [6, 6.07) is 7.08. The highest BCUT2D eigenvalue weighted by Crippen LogP contribution is 2.25. The van der Waals surface area contributed by atoms with E-state index in [-0.39, 0.29) is 5.69 Å². The molecule has 0 saturated heterocycles. The minimum atomic E-state index is -0.759. The van der Waals surface area contributed by atoms with E-state index >= 15 is 0 Å². The number of aliphatic hydroxyl groups excluding tert-OH is 1. The Morgan fingerprint density at radius 1 is 1.17 bits per heavy atom. The molecule has 3 N–H and O–H groups in total. The van der Waals surface area contributed by atoms with Gasteiger partial charge >= 0.3 is 5.69 Å². The zero-order valence-corrected chi connectivity index (χ0v) is 9.73. The molecule has 3 aromatic rings. The molecule has 0 bridgehead atoms. The van der Waals surface area contributed by atoms with E-state index in [1.54, 1.807) is 24.3 Å². The fraction of sp³-hybridized carbons (Fsp3) is 0.154. The van der Waals surface area contributed by atoms with Crippen LogP contribution in [-0.2, 0) is 0 Å². The number of fused-ring (bicyclic) bond motifs is 1. The van der Waals surface area contributed by atoms with Gasteiger partial charge in [-0.05, 0) is 30.7 Å². The van der Waals surface area contributed by atoms with Crippen molar-refractivity contribution in [1.29, 1.82) is 0 Å². The van der Waals surface area contributed by atoms with Crippen LogP contribution in [0.1, 0.15) is 23.0 Å². The Bertz CT molecular complexity index is 751. The summed E-state index contributed by atoms with van der Waals surface area (Å²) >= 11 is 0. The third-order valence-electron chi connectivity index (χ3n) is 2.92. The number of H-pyrrole nitrogens is 2. The fourth-order valence-electron chi connectivity index (χ4n) is 2.02. The van der Waals surface area contributed by atoms with E-state index in [1.807, 2.05) is 6.92 Å². The SMILES string of the molecule is Cc1cc(C(O)c2ccc3[nH]c(=O)[nH]c3c2)co1. The summed E-state index contributed by atoms with van der Waals surface area (Å²) in [7, 11) is 0. The summed E-state index contributed by atoms with van der Waals surface area (Å²) in [5.74, 6) is 0.750. The van der Waals surface area contributed by atoms with E-state index in [2.05, 4.69) is 9.97 Å². The molecule has 5 heteroatoms. The molecule has 5 nitrogen and oxygen atoms in total. The first-order valence-electron chi connectivity index (χ1n) is 5.58. The van der Waals surface area contributed by atoms with Crippen LogP contribution in [0.5, 0.6) is 0 Å². The number of imidazole rings is 1. The van der Waals surface area contributed by atoms with E-state index < -0.39 is 6.10 Å². The van der Waals surface area contributed by atoms with Gasteiger partial charge < -0.3 is 19.5 Å². The first-order chi connectivity index (χ1) is 8.63. The van der Waals surface area contributed by atoms with Crippen LogP contribution in [0.3, 0.4) is 0 Å². The Morgan fingerprint density at radius 3 is 2.67 bits per heavy atom. The lowest BCUT2D eigenvalue weighted by Crippen LogP contribution is -1.99. The van der Waals surface area contributed by atoms with Crippen LogP contribution in [0.15, 0.2) is 39.7 Å². The number of aromatic amines is 2. The van der Waals surface area contributed by atoms with Gasteiger partial charge in [-0.15, -0.1) is 0 Å². The molecule has 18 heavy (non-hydrogen) atoms. The van der Waals surface area contributed by atoms with Crippen LogP contribution in [-0.4, -0.2) is 15.1 Å². The second-order valence-electron chi connectivity index (χ2n) is 4.28. The number of furan rings is 1. The van der Waals surface area contributed by atoms with Gasteiger partial charge in [-0.3, -0.25) is 0 Å². The molecule has 0 aliphatic rings. The second-order valence-corrected chi connectivity index (χ2v) is 4.28. The Balaban J connectivity index is 2.05. The molecule has 0 aliphatic heterocycles. The van der Waals surface area contributed by atoms with Crippen molar-refractivity contribution < 1.29 is 9.52 Å². The largest absolute Gasteiger partial charge is 0.469 e. The quantitative estimate of drug-likeness (QED) is 0.643. The van der Waals surface area contributed by atoms with Gasteiger partial charge in [0.15, 0.2) is 0 Å². The molecule has 0 amide bonds. The second kappa shape index (κ2) is 3.89. The molecule has 0 spiro atoms. The molecule has 2 heterocycles. The van der Waals surface area contributed by atoms with Crippen molar-refractivity contribution >= 4 is 11.0 Å². The molecule has 2 aromatic heterocycles. The third kappa shape index (κ3) is 1.74. The van der Waals surface area contributed by atoms with Crippen LogP contribution in [0.4, 0.5) is 0 Å². The predicted octanol–water partition coefficient (Wildman–Crippen LogP) is 1.84. The van der Waals surface area contributed by atoms with Crippen LogP contribution < -0.4 is 5.69 Å². The molecule has 0 aliphatic carbocycles. The molecular weight excluding hydrogens is 232 g/mol. The van der Waals surface area contributed by atoms with Crippen molar-refractivity contribution in [2.45, 2.75) is 13.0 Å². The summed E-state index contributed by atoms with van der Waals surface area (Å²) < 4.78 is 5.17. The van der Waals surface area contributed by atoms with Crippen LogP contribution in [0.25, 0.3) is 11.0 Å². The molecule has 0 saturated carbocycles. The van der Waals surface area contributed by atoms with Crippen molar-refractivity contribution in [1.82, 2.24) is 9.97 Å². The lowest BCUT2D eigenvalue weighted by atomic mass is 10.0. The van der Waals surface area contributed by atoms with E-state index in [0.717, 1.165) is 11.3 Å².